The van der Waals surface area contributed by atoms with Gasteiger partial charge in [-0.3, -0.25) is 0 Å². The number of hydrogen-bond donors (Lipinski definition) is 1. The fourth-order valence-electron chi connectivity index (χ4n) is 3.39. The van der Waals surface area contributed by atoms with Crippen LogP contribution in [0.1, 0.15) is 58.1 Å². The molecule has 1 saturated carbocycles. The van der Waals surface area contributed by atoms with Gasteiger partial charge in [0.05, 0.1) is 7.11 Å². The van der Waals surface area contributed by atoms with Gasteiger partial charge in [0.1, 0.15) is 17.1 Å². The van der Waals surface area contributed by atoms with Crippen LogP contribution in [0.15, 0.2) is 18.2 Å². The van der Waals surface area contributed by atoms with Crippen LogP contribution in [0.5, 0.6) is 11.5 Å². The molecule has 1 aromatic carbocycles. The Morgan fingerprint density at radius 1 is 1.33 bits per heavy atom. The van der Waals surface area contributed by atoms with E-state index in [1.807, 2.05) is 6.07 Å². The van der Waals surface area contributed by atoms with Crippen molar-refractivity contribution in [3.8, 4) is 11.5 Å². The summed E-state index contributed by atoms with van der Waals surface area (Å²) in [5.41, 5.74) is 1.50. The van der Waals surface area contributed by atoms with Gasteiger partial charge in [0.25, 0.3) is 0 Å². The second-order valence-corrected chi connectivity index (χ2v) is 7.01. The zero-order chi connectivity index (χ0) is 15.1. The molecule has 0 saturated heterocycles. The molecule has 0 aromatic heterocycles. The van der Waals surface area contributed by atoms with Crippen LogP contribution in [-0.2, 0) is 0 Å². The maximum absolute atomic E-state index is 6.46. The summed E-state index contributed by atoms with van der Waals surface area (Å²) in [6, 6.07) is 6.54. The molecular formula is C18H27NO2. The van der Waals surface area contributed by atoms with Crippen LogP contribution in [0.4, 0.5) is 0 Å². The van der Waals surface area contributed by atoms with E-state index < -0.39 is 0 Å². The van der Waals surface area contributed by atoms with Gasteiger partial charge < -0.3 is 14.8 Å². The van der Waals surface area contributed by atoms with Crippen LogP contribution >= 0.6 is 0 Å². The third-order valence-corrected chi connectivity index (χ3v) is 5.44. The Morgan fingerprint density at radius 3 is 2.71 bits per heavy atom. The molecule has 2 unspecified atom stereocenters. The highest BCUT2D eigenvalue weighted by atomic mass is 16.5. The fraction of sp³-hybridized carbons (Fsp3) is 0.667. The van der Waals surface area contributed by atoms with Gasteiger partial charge in [-0.05, 0) is 50.9 Å². The SMILES string of the molecule is CCCNC1CC(C)(C2(C)CC2)Oc2ccc(OC)cc21. The lowest BCUT2D eigenvalue weighted by Gasteiger charge is -2.44. The maximum atomic E-state index is 6.46. The highest BCUT2D eigenvalue weighted by Gasteiger charge is 2.57. The van der Waals surface area contributed by atoms with Gasteiger partial charge in [-0.25, -0.2) is 0 Å². The van der Waals surface area contributed by atoms with E-state index in [0.717, 1.165) is 30.9 Å². The summed E-state index contributed by atoms with van der Waals surface area (Å²) in [7, 11) is 1.72. The fourth-order valence-corrected chi connectivity index (χ4v) is 3.39. The smallest absolute Gasteiger partial charge is 0.125 e. The predicted molar refractivity (Wildman–Crippen MR) is 85.0 cm³/mol. The number of methoxy groups -OCH3 is 1. The Kier molecular flexibility index (Phi) is 3.64. The van der Waals surface area contributed by atoms with Crippen molar-refractivity contribution < 1.29 is 9.47 Å². The molecule has 21 heavy (non-hydrogen) atoms. The van der Waals surface area contributed by atoms with Crippen molar-refractivity contribution in [1.82, 2.24) is 5.32 Å². The molecule has 1 aliphatic carbocycles. The van der Waals surface area contributed by atoms with E-state index >= 15 is 0 Å². The van der Waals surface area contributed by atoms with E-state index in [0.29, 0.717) is 11.5 Å². The molecular weight excluding hydrogens is 262 g/mol. The van der Waals surface area contributed by atoms with Crippen LogP contribution in [0, 0.1) is 5.41 Å². The molecule has 0 amide bonds. The summed E-state index contributed by atoms with van der Waals surface area (Å²) < 4.78 is 11.8. The first-order valence-corrected chi connectivity index (χ1v) is 8.12. The summed E-state index contributed by atoms with van der Waals surface area (Å²) in [4.78, 5) is 0. The van der Waals surface area contributed by atoms with Gasteiger partial charge in [0.2, 0.25) is 0 Å². The Labute approximate surface area is 128 Å². The molecule has 0 spiro atoms. The zero-order valence-electron chi connectivity index (χ0n) is 13.7. The lowest BCUT2D eigenvalue weighted by molar-refractivity contribution is -0.0134. The summed E-state index contributed by atoms with van der Waals surface area (Å²) in [6.07, 6.45) is 4.72. The number of nitrogens with one attached hydrogen (secondary N) is 1. The van der Waals surface area contributed by atoms with Gasteiger partial charge >= 0.3 is 0 Å². The number of fused-ring (bicyclic) bond motifs is 1. The van der Waals surface area contributed by atoms with Gasteiger partial charge in [-0.15, -0.1) is 0 Å². The van der Waals surface area contributed by atoms with E-state index in [9.17, 15) is 0 Å². The Hall–Kier alpha value is -1.22. The van der Waals surface area contributed by atoms with E-state index in [4.69, 9.17) is 9.47 Å². The predicted octanol–water partition coefficient (Wildman–Crippen LogP) is 4.08. The van der Waals surface area contributed by atoms with Crippen LogP contribution in [0.3, 0.4) is 0 Å². The van der Waals surface area contributed by atoms with E-state index in [1.165, 1.54) is 18.4 Å². The van der Waals surface area contributed by atoms with Gasteiger partial charge in [-0.2, -0.15) is 0 Å². The van der Waals surface area contributed by atoms with Crippen molar-refractivity contribution in [2.45, 2.75) is 58.1 Å². The molecule has 1 heterocycles. The number of ether oxygens (including phenoxy) is 2. The van der Waals surface area contributed by atoms with Gasteiger partial charge in [0, 0.05) is 23.4 Å². The lowest BCUT2D eigenvalue weighted by atomic mass is 9.78. The van der Waals surface area contributed by atoms with Crippen molar-refractivity contribution in [3.05, 3.63) is 23.8 Å². The standard InChI is InChI=1S/C18H27NO2/c1-5-10-19-15-12-18(3,17(2)8-9-17)21-16-7-6-13(20-4)11-14(15)16/h6-7,11,15,19H,5,8-10,12H2,1-4H3. The van der Waals surface area contributed by atoms with Gasteiger partial charge in [0.15, 0.2) is 0 Å². The minimum Gasteiger partial charge on any atom is -0.497 e. The molecule has 1 fully saturated rings. The second kappa shape index (κ2) is 5.20. The Morgan fingerprint density at radius 2 is 2.10 bits per heavy atom. The highest BCUT2D eigenvalue weighted by molar-refractivity contribution is 5.45. The lowest BCUT2D eigenvalue weighted by Crippen LogP contribution is -2.47. The molecule has 1 N–H and O–H groups in total. The molecule has 3 heteroatoms. The van der Waals surface area contributed by atoms with Crippen LogP contribution in [0.25, 0.3) is 0 Å². The molecule has 2 atom stereocenters. The van der Waals surface area contributed by atoms with Crippen molar-refractivity contribution >= 4 is 0 Å². The number of rotatable bonds is 5. The first-order valence-electron chi connectivity index (χ1n) is 8.12. The van der Waals surface area contributed by atoms with Crippen LogP contribution in [0.2, 0.25) is 0 Å². The van der Waals surface area contributed by atoms with Crippen molar-refractivity contribution in [2.75, 3.05) is 13.7 Å². The molecule has 116 valence electrons. The second-order valence-electron chi connectivity index (χ2n) is 7.01. The minimum absolute atomic E-state index is 0.0694. The van der Waals surface area contributed by atoms with Crippen molar-refractivity contribution in [1.29, 1.82) is 0 Å². The molecule has 0 bridgehead atoms. The Balaban J connectivity index is 1.94. The summed E-state index contributed by atoms with van der Waals surface area (Å²) >= 11 is 0. The molecule has 3 nitrogen and oxygen atoms in total. The highest BCUT2D eigenvalue weighted by Crippen LogP contribution is 2.59. The molecule has 2 aliphatic rings. The summed E-state index contributed by atoms with van der Waals surface area (Å²) in [6.45, 7) is 7.89. The first-order chi connectivity index (χ1) is 10.0. The third kappa shape index (κ3) is 2.52. The van der Waals surface area contributed by atoms with E-state index in [2.05, 4.69) is 38.2 Å². The van der Waals surface area contributed by atoms with Crippen molar-refractivity contribution in [2.24, 2.45) is 5.41 Å². The quantitative estimate of drug-likeness (QED) is 0.886. The monoisotopic (exact) mass is 289 g/mol. The summed E-state index contributed by atoms with van der Waals surface area (Å²) in [5.74, 6) is 1.92. The van der Waals surface area contributed by atoms with Crippen molar-refractivity contribution in [3.63, 3.8) is 0 Å². The number of hydrogen-bond acceptors (Lipinski definition) is 3. The molecule has 1 aliphatic heterocycles. The number of benzene rings is 1. The average Bonchev–Trinajstić information content (AvgIpc) is 3.24. The molecule has 3 rings (SSSR count). The summed E-state index contributed by atoms with van der Waals surface area (Å²) in [5, 5.41) is 3.70. The molecule has 0 radical (unpaired) electrons. The van der Waals surface area contributed by atoms with Crippen LogP contribution < -0.4 is 14.8 Å². The topological polar surface area (TPSA) is 30.5 Å². The largest absolute Gasteiger partial charge is 0.497 e. The average molecular weight is 289 g/mol. The first kappa shape index (κ1) is 14.7. The molecule has 1 aromatic rings. The van der Waals surface area contributed by atoms with Crippen LogP contribution in [-0.4, -0.2) is 19.3 Å². The third-order valence-electron chi connectivity index (χ3n) is 5.44. The minimum atomic E-state index is -0.0694. The zero-order valence-corrected chi connectivity index (χ0v) is 13.7. The maximum Gasteiger partial charge on any atom is 0.125 e. The van der Waals surface area contributed by atoms with E-state index in [-0.39, 0.29) is 5.60 Å². The Bertz CT molecular complexity index is 524. The van der Waals surface area contributed by atoms with E-state index in [1.54, 1.807) is 7.11 Å². The normalized spacial score (nSPS) is 29.4. The van der Waals surface area contributed by atoms with Gasteiger partial charge in [-0.1, -0.05) is 13.8 Å².